The lowest BCUT2D eigenvalue weighted by molar-refractivity contribution is 0.0505. The van der Waals surface area contributed by atoms with Gasteiger partial charge in [0.15, 0.2) is 0 Å². The number of hydrogen-bond acceptors (Lipinski definition) is 6. The highest BCUT2D eigenvalue weighted by Crippen LogP contribution is 2.23. The van der Waals surface area contributed by atoms with Crippen LogP contribution in [-0.4, -0.2) is 38.5 Å². The van der Waals surface area contributed by atoms with Gasteiger partial charge in [0.05, 0.1) is 11.9 Å². The summed E-state index contributed by atoms with van der Waals surface area (Å²) in [7, 11) is 0. The lowest BCUT2D eigenvalue weighted by atomic mass is 10.2. The van der Waals surface area contributed by atoms with Crippen LogP contribution in [0.5, 0.6) is 0 Å². The summed E-state index contributed by atoms with van der Waals surface area (Å²) in [5.74, 6) is 0.727. The van der Waals surface area contributed by atoms with Crippen molar-refractivity contribution >= 4 is 11.9 Å². The third-order valence-corrected chi connectivity index (χ3v) is 4.21. The molecule has 0 aliphatic heterocycles. The SMILES string of the molecule is CC(C)(C)OC(=O)N[C@H]1CC[C@H](Nc2ccc(-n3ncccc3=O)cn2)C1. The summed E-state index contributed by atoms with van der Waals surface area (Å²) in [5, 5.41) is 10.3. The van der Waals surface area contributed by atoms with Crippen molar-refractivity contribution in [2.45, 2.75) is 57.7 Å². The molecule has 2 atom stereocenters. The zero-order chi connectivity index (χ0) is 19.4. The molecule has 3 rings (SSSR count). The number of pyridine rings is 1. The Balaban J connectivity index is 1.54. The number of rotatable bonds is 4. The molecule has 2 aromatic heterocycles. The van der Waals surface area contributed by atoms with Crippen molar-refractivity contribution in [1.82, 2.24) is 20.1 Å². The Morgan fingerprint density at radius 1 is 1.22 bits per heavy atom. The average molecular weight is 371 g/mol. The quantitative estimate of drug-likeness (QED) is 0.857. The minimum absolute atomic E-state index is 0.0868. The molecule has 8 nitrogen and oxygen atoms in total. The first-order chi connectivity index (χ1) is 12.8. The lowest BCUT2D eigenvalue weighted by Gasteiger charge is -2.22. The van der Waals surface area contributed by atoms with Crippen LogP contribution < -0.4 is 16.2 Å². The second kappa shape index (κ2) is 7.77. The van der Waals surface area contributed by atoms with Crippen LogP contribution in [0.25, 0.3) is 5.69 Å². The van der Waals surface area contributed by atoms with Gasteiger partial charge in [0.25, 0.3) is 5.56 Å². The molecule has 1 amide bonds. The highest BCUT2D eigenvalue weighted by molar-refractivity contribution is 5.68. The van der Waals surface area contributed by atoms with Crippen LogP contribution in [-0.2, 0) is 4.74 Å². The molecule has 0 spiro atoms. The smallest absolute Gasteiger partial charge is 0.407 e. The van der Waals surface area contributed by atoms with Crippen LogP contribution in [0.15, 0.2) is 41.5 Å². The van der Waals surface area contributed by atoms with Crippen LogP contribution in [0, 0.1) is 0 Å². The van der Waals surface area contributed by atoms with Crippen molar-refractivity contribution in [2.75, 3.05) is 5.32 Å². The highest BCUT2D eigenvalue weighted by Gasteiger charge is 2.27. The number of aromatic nitrogens is 3. The van der Waals surface area contributed by atoms with Gasteiger partial charge in [0.2, 0.25) is 0 Å². The minimum atomic E-state index is -0.498. The number of nitrogens with zero attached hydrogens (tertiary/aromatic N) is 3. The molecule has 8 heteroatoms. The van der Waals surface area contributed by atoms with E-state index in [0.717, 1.165) is 25.1 Å². The van der Waals surface area contributed by atoms with Gasteiger partial charge in [-0.05, 0) is 58.2 Å². The van der Waals surface area contributed by atoms with Crippen LogP contribution in [0.2, 0.25) is 0 Å². The van der Waals surface area contributed by atoms with Gasteiger partial charge >= 0.3 is 6.09 Å². The summed E-state index contributed by atoms with van der Waals surface area (Å²) in [6.07, 6.45) is 5.42. The number of carbonyl (C=O) groups is 1. The molecule has 2 heterocycles. The van der Waals surface area contributed by atoms with E-state index in [1.54, 1.807) is 24.5 Å². The molecule has 144 valence electrons. The summed E-state index contributed by atoms with van der Waals surface area (Å²) in [6.45, 7) is 5.54. The van der Waals surface area contributed by atoms with Crippen molar-refractivity contribution in [1.29, 1.82) is 0 Å². The normalized spacial score (nSPS) is 19.5. The molecule has 1 fully saturated rings. The Morgan fingerprint density at radius 2 is 2.00 bits per heavy atom. The fourth-order valence-corrected chi connectivity index (χ4v) is 3.08. The molecule has 2 aromatic rings. The predicted molar refractivity (Wildman–Crippen MR) is 102 cm³/mol. The molecule has 1 aliphatic rings. The second-order valence-corrected chi connectivity index (χ2v) is 7.67. The Labute approximate surface area is 158 Å². The monoisotopic (exact) mass is 371 g/mol. The number of carbonyl (C=O) groups excluding carboxylic acids is 1. The molecular weight excluding hydrogens is 346 g/mol. The van der Waals surface area contributed by atoms with Crippen molar-refractivity contribution < 1.29 is 9.53 Å². The minimum Gasteiger partial charge on any atom is -0.444 e. The first kappa shape index (κ1) is 18.9. The average Bonchev–Trinajstić information content (AvgIpc) is 3.01. The van der Waals surface area contributed by atoms with Crippen LogP contribution in [0.3, 0.4) is 0 Å². The maximum absolute atomic E-state index is 11.9. The number of nitrogens with one attached hydrogen (secondary N) is 2. The van der Waals surface area contributed by atoms with Gasteiger partial charge in [-0.1, -0.05) is 0 Å². The van der Waals surface area contributed by atoms with E-state index in [4.69, 9.17) is 4.74 Å². The van der Waals surface area contributed by atoms with E-state index < -0.39 is 5.60 Å². The van der Waals surface area contributed by atoms with Gasteiger partial charge in [-0.15, -0.1) is 0 Å². The van der Waals surface area contributed by atoms with Gasteiger partial charge in [-0.2, -0.15) is 9.78 Å². The summed E-state index contributed by atoms with van der Waals surface area (Å²) >= 11 is 0. The van der Waals surface area contributed by atoms with Crippen LogP contribution in [0.1, 0.15) is 40.0 Å². The Bertz CT molecular complexity index is 841. The second-order valence-electron chi connectivity index (χ2n) is 7.67. The largest absolute Gasteiger partial charge is 0.444 e. The van der Waals surface area contributed by atoms with Crippen molar-refractivity contribution in [3.63, 3.8) is 0 Å². The van der Waals surface area contributed by atoms with E-state index >= 15 is 0 Å². The van der Waals surface area contributed by atoms with Gasteiger partial charge < -0.3 is 15.4 Å². The molecule has 2 N–H and O–H groups in total. The summed E-state index contributed by atoms with van der Waals surface area (Å²) in [6, 6.07) is 6.99. The molecular formula is C19H25N5O3. The van der Waals surface area contributed by atoms with Crippen LogP contribution >= 0.6 is 0 Å². The molecule has 1 aliphatic carbocycles. The van der Waals surface area contributed by atoms with E-state index in [9.17, 15) is 9.59 Å². The Morgan fingerprint density at radius 3 is 2.67 bits per heavy atom. The number of ether oxygens (including phenoxy) is 1. The zero-order valence-electron chi connectivity index (χ0n) is 15.8. The van der Waals surface area contributed by atoms with Gasteiger partial charge in [0, 0.05) is 24.3 Å². The Kier molecular flexibility index (Phi) is 5.43. The number of alkyl carbamates (subject to hydrolysis) is 1. The number of amides is 1. The van der Waals surface area contributed by atoms with E-state index in [-0.39, 0.29) is 23.7 Å². The fraction of sp³-hybridized carbons (Fsp3) is 0.474. The summed E-state index contributed by atoms with van der Waals surface area (Å²) < 4.78 is 6.60. The molecule has 0 radical (unpaired) electrons. The summed E-state index contributed by atoms with van der Waals surface area (Å²) in [5.41, 5.74) is -0.0874. The molecule has 1 saturated carbocycles. The third kappa shape index (κ3) is 5.29. The van der Waals surface area contributed by atoms with E-state index in [1.807, 2.05) is 26.8 Å². The summed E-state index contributed by atoms with van der Waals surface area (Å²) in [4.78, 5) is 28.1. The highest BCUT2D eigenvalue weighted by atomic mass is 16.6. The van der Waals surface area contributed by atoms with E-state index in [2.05, 4.69) is 20.7 Å². The Hall–Kier alpha value is -2.90. The van der Waals surface area contributed by atoms with Crippen molar-refractivity contribution in [2.24, 2.45) is 0 Å². The van der Waals surface area contributed by atoms with Crippen LogP contribution in [0.4, 0.5) is 10.6 Å². The number of anilines is 1. The third-order valence-electron chi connectivity index (χ3n) is 4.21. The molecule has 0 saturated heterocycles. The van der Waals surface area contributed by atoms with E-state index in [0.29, 0.717) is 5.69 Å². The fourth-order valence-electron chi connectivity index (χ4n) is 3.08. The van der Waals surface area contributed by atoms with E-state index in [1.165, 1.54) is 10.7 Å². The first-order valence-corrected chi connectivity index (χ1v) is 9.07. The zero-order valence-corrected chi connectivity index (χ0v) is 15.8. The standard InChI is InChI=1S/C19H25N5O3/c1-19(2,3)27-18(26)23-14-7-6-13(11-14)22-16-9-8-15(12-20-16)24-17(25)5-4-10-21-24/h4-5,8-10,12-14H,6-7,11H2,1-3H3,(H,20,22)(H,23,26)/t13-,14-/m0/s1. The molecule has 0 unspecified atom stereocenters. The van der Waals surface area contributed by atoms with Crippen molar-refractivity contribution in [3.8, 4) is 5.69 Å². The molecule has 0 aromatic carbocycles. The van der Waals surface area contributed by atoms with Crippen molar-refractivity contribution in [3.05, 3.63) is 47.0 Å². The number of hydrogen-bond donors (Lipinski definition) is 2. The molecule has 0 bridgehead atoms. The molecule has 27 heavy (non-hydrogen) atoms. The maximum atomic E-state index is 11.9. The topological polar surface area (TPSA) is 98.1 Å². The predicted octanol–water partition coefficient (Wildman–Crippen LogP) is 2.49. The maximum Gasteiger partial charge on any atom is 0.407 e. The first-order valence-electron chi connectivity index (χ1n) is 9.07. The lowest BCUT2D eigenvalue weighted by Crippen LogP contribution is -2.38. The van der Waals surface area contributed by atoms with Gasteiger partial charge in [-0.3, -0.25) is 4.79 Å². The van der Waals surface area contributed by atoms with Gasteiger partial charge in [-0.25, -0.2) is 9.78 Å². The van der Waals surface area contributed by atoms with Gasteiger partial charge in [0.1, 0.15) is 11.4 Å².